The lowest BCUT2D eigenvalue weighted by atomic mass is 10.1. The smallest absolute Gasteiger partial charge is 0.248 e. The molecule has 144 valence electrons. The van der Waals surface area contributed by atoms with Gasteiger partial charge in [-0.15, -0.1) is 10.2 Å². The van der Waals surface area contributed by atoms with Crippen LogP contribution in [0.2, 0.25) is 5.02 Å². The van der Waals surface area contributed by atoms with Gasteiger partial charge in [-0.05, 0) is 12.1 Å². The zero-order chi connectivity index (χ0) is 19.5. The standard InChI is InChI=1S/C19H18ClN5O3/c1-12-3-5-13(6-4-12)19-22-24-25(23-19)11-18(26)21-15-10-17-16(9-14(15)20)27-7-2-8-28-17/h3-6,9-10H,2,7-8,11H2,1H3,(H,21,26). The molecule has 0 saturated carbocycles. The summed E-state index contributed by atoms with van der Waals surface area (Å²) >= 11 is 6.26. The van der Waals surface area contributed by atoms with Crippen molar-refractivity contribution < 1.29 is 14.3 Å². The molecule has 0 radical (unpaired) electrons. The van der Waals surface area contributed by atoms with E-state index in [1.807, 2.05) is 31.2 Å². The molecule has 1 aliphatic rings. The molecule has 0 spiro atoms. The number of ether oxygens (including phenoxy) is 2. The number of benzene rings is 2. The van der Waals surface area contributed by atoms with Gasteiger partial charge in [-0.1, -0.05) is 41.4 Å². The van der Waals surface area contributed by atoms with Crippen LogP contribution in [-0.4, -0.2) is 39.3 Å². The Hall–Kier alpha value is -3.13. The van der Waals surface area contributed by atoms with Crippen molar-refractivity contribution >= 4 is 23.2 Å². The quantitative estimate of drug-likeness (QED) is 0.724. The van der Waals surface area contributed by atoms with Crippen molar-refractivity contribution in [2.75, 3.05) is 18.5 Å². The Balaban J connectivity index is 1.45. The Labute approximate surface area is 166 Å². The first-order chi connectivity index (χ1) is 13.6. The number of nitrogens with one attached hydrogen (secondary N) is 1. The fourth-order valence-electron chi connectivity index (χ4n) is 2.73. The molecule has 28 heavy (non-hydrogen) atoms. The minimum atomic E-state index is -0.329. The summed E-state index contributed by atoms with van der Waals surface area (Å²) in [5.74, 6) is 1.25. The van der Waals surface area contributed by atoms with Crippen LogP contribution in [0, 0.1) is 6.92 Å². The van der Waals surface area contributed by atoms with Gasteiger partial charge in [0.2, 0.25) is 11.7 Å². The third-order valence-electron chi connectivity index (χ3n) is 4.16. The molecule has 0 fully saturated rings. The van der Waals surface area contributed by atoms with Crippen molar-refractivity contribution in [1.82, 2.24) is 20.2 Å². The van der Waals surface area contributed by atoms with Gasteiger partial charge in [0.15, 0.2) is 11.5 Å². The second kappa shape index (κ2) is 7.85. The lowest BCUT2D eigenvalue weighted by Gasteiger charge is -2.12. The van der Waals surface area contributed by atoms with Gasteiger partial charge in [-0.3, -0.25) is 4.79 Å². The van der Waals surface area contributed by atoms with Crippen LogP contribution in [0.4, 0.5) is 5.69 Å². The highest BCUT2D eigenvalue weighted by Crippen LogP contribution is 2.37. The topological polar surface area (TPSA) is 91.2 Å². The molecule has 2 aromatic carbocycles. The van der Waals surface area contributed by atoms with Crippen LogP contribution in [0.15, 0.2) is 36.4 Å². The number of hydrogen-bond donors (Lipinski definition) is 1. The summed E-state index contributed by atoms with van der Waals surface area (Å²) in [6, 6.07) is 11.1. The Bertz CT molecular complexity index is 1000. The molecule has 1 aliphatic heterocycles. The highest BCUT2D eigenvalue weighted by molar-refractivity contribution is 6.34. The molecule has 4 rings (SSSR count). The molecule has 0 aliphatic carbocycles. The molecule has 0 bridgehead atoms. The van der Waals surface area contributed by atoms with Crippen LogP contribution in [0.5, 0.6) is 11.5 Å². The monoisotopic (exact) mass is 399 g/mol. The molecule has 1 aromatic heterocycles. The second-order valence-electron chi connectivity index (χ2n) is 6.39. The Kier molecular flexibility index (Phi) is 5.12. The molecule has 2 heterocycles. The van der Waals surface area contributed by atoms with E-state index in [1.54, 1.807) is 12.1 Å². The first-order valence-electron chi connectivity index (χ1n) is 8.82. The van der Waals surface area contributed by atoms with Crippen LogP contribution in [-0.2, 0) is 11.3 Å². The summed E-state index contributed by atoms with van der Waals surface area (Å²) in [7, 11) is 0. The molecule has 8 nitrogen and oxygen atoms in total. The van der Waals surface area contributed by atoms with Crippen molar-refractivity contribution in [2.45, 2.75) is 19.9 Å². The van der Waals surface area contributed by atoms with Gasteiger partial charge in [-0.2, -0.15) is 4.80 Å². The second-order valence-corrected chi connectivity index (χ2v) is 6.79. The number of rotatable bonds is 4. The number of fused-ring (bicyclic) bond motifs is 1. The summed E-state index contributed by atoms with van der Waals surface area (Å²) in [5, 5.41) is 15.3. The van der Waals surface area contributed by atoms with Crippen LogP contribution >= 0.6 is 11.6 Å². The van der Waals surface area contributed by atoms with Crippen LogP contribution in [0.3, 0.4) is 0 Å². The lowest BCUT2D eigenvalue weighted by Crippen LogP contribution is -2.20. The third-order valence-corrected chi connectivity index (χ3v) is 4.47. The Morgan fingerprint density at radius 2 is 1.89 bits per heavy atom. The predicted molar refractivity (Wildman–Crippen MR) is 104 cm³/mol. The zero-order valence-electron chi connectivity index (χ0n) is 15.2. The normalized spacial score (nSPS) is 13.1. The lowest BCUT2D eigenvalue weighted by molar-refractivity contribution is -0.117. The van der Waals surface area contributed by atoms with Gasteiger partial charge in [0.1, 0.15) is 6.54 Å². The van der Waals surface area contributed by atoms with E-state index in [4.69, 9.17) is 21.1 Å². The number of amides is 1. The van der Waals surface area contributed by atoms with Gasteiger partial charge in [-0.25, -0.2) is 0 Å². The maximum atomic E-state index is 12.4. The maximum absolute atomic E-state index is 12.4. The first kappa shape index (κ1) is 18.2. The van der Waals surface area contributed by atoms with Crippen LogP contribution in [0.25, 0.3) is 11.4 Å². The predicted octanol–water partition coefficient (Wildman–Crippen LogP) is 3.10. The molecule has 3 aromatic rings. The summed E-state index contributed by atoms with van der Waals surface area (Å²) in [6.07, 6.45) is 0.787. The van der Waals surface area contributed by atoms with E-state index in [9.17, 15) is 4.79 Å². The van der Waals surface area contributed by atoms with Crippen molar-refractivity contribution in [3.05, 3.63) is 47.0 Å². The Morgan fingerprint density at radius 3 is 2.64 bits per heavy atom. The molecule has 9 heteroatoms. The number of aromatic nitrogens is 4. The minimum Gasteiger partial charge on any atom is -0.490 e. The van der Waals surface area contributed by atoms with E-state index in [-0.39, 0.29) is 12.5 Å². The van der Waals surface area contributed by atoms with Gasteiger partial charge >= 0.3 is 0 Å². The number of aryl methyl sites for hydroxylation is 1. The number of carbonyl (C=O) groups is 1. The number of tetrazole rings is 1. The first-order valence-corrected chi connectivity index (χ1v) is 9.20. The molecular weight excluding hydrogens is 382 g/mol. The van der Waals surface area contributed by atoms with Crippen molar-refractivity contribution in [2.24, 2.45) is 0 Å². The molecule has 1 N–H and O–H groups in total. The molecule has 0 saturated heterocycles. The number of nitrogens with zero attached hydrogens (tertiary/aromatic N) is 4. The summed E-state index contributed by atoms with van der Waals surface area (Å²) < 4.78 is 11.2. The van der Waals surface area contributed by atoms with E-state index < -0.39 is 0 Å². The number of carbonyl (C=O) groups excluding carboxylic acids is 1. The number of halogens is 1. The highest BCUT2D eigenvalue weighted by atomic mass is 35.5. The van der Waals surface area contributed by atoms with Gasteiger partial charge < -0.3 is 14.8 Å². The summed E-state index contributed by atoms with van der Waals surface area (Å²) in [5.41, 5.74) is 2.42. The molecule has 0 atom stereocenters. The van der Waals surface area contributed by atoms with E-state index in [2.05, 4.69) is 20.7 Å². The SMILES string of the molecule is Cc1ccc(-c2nnn(CC(=O)Nc3cc4c(cc3Cl)OCCCO4)n2)cc1. The zero-order valence-corrected chi connectivity index (χ0v) is 15.9. The average Bonchev–Trinajstić information content (AvgIpc) is 3.01. The summed E-state index contributed by atoms with van der Waals surface area (Å²) in [4.78, 5) is 13.6. The summed E-state index contributed by atoms with van der Waals surface area (Å²) in [6.45, 7) is 3.02. The fourth-order valence-corrected chi connectivity index (χ4v) is 2.93. The van der Waals surface area contributed by atoms with E-state index >= 15 is 0 Å². The van der Waals surface area contributed by atoms with Crippen LogP contribution in [0.1, 0.15) is 12.0 Å². The maximum Gasteiger partial charge on any atom is 0.248 e. The number of anilines is 1. The minimum absolute atomic E-state index is 0.0936. The van der Waals surface area contributed by atoms with Crippen molar-refractivity contribution in [3.63, 3.8) is 0 Å². The Morgan fingerprint density at radius 1 is 1.18 bits per heavy atom. The molecular formula is C19H18ClN5O3. The van der Waals surface area contributed by atoms with Crippen molar-refractivity contribution in [3.8, 4) is 22.9 Å². The van der Waals surface area contributed by atoms with Crippen molar-refractivity contribution in [1.29, 1.82) is 0 Å². The highest BCUT2D eigenvalue weighted by Gasteiger charge is 2.16. The van der Waals surface area contributed by atoms with E-state index in [0.29, 0.717) is 41.2 Å². The van der Waals surface area contributed by atoms with E-state index in [0.717, 1.165) is 17.5 Å². The molecule has 1 amide bonds. The van der Waals surface area contributed by atoms with Gasteiger partial charge in [0.05, 0.1) is 23.9 Å². The average molecular weight is 400 g/mol. The number of hydrogen-bond acceptors (Lipinski definition) is 6. The van der Waals surface area contributed by atoms with Crippen LogP contribution < -0.4 is 14.8 Å². The molecule has 0 unspecified atom stereocenters. The third kappa shape index (κ3) is 4.07. The van der Waals surface area contributed by atoms with Gasteiger partial charge in [0, 0.05) is 24.1 Å². The largest absolute Gasteiger partial charge is 0.490 e. The van der Waals surface area contributed by atoms with Gasteiger partial charge in [0.25, 0.3) is 0 Å². The van der Waals surface area contributed by atoms with E-state index in [1.165, 1.54) is 4.80 Å². The fraction of sp³-hybridized carbons (Fsp3) is 0.263.